The molecule has 0 saturated carbocycles. The van der Waals surface area contributed by atoms with Gasteiger partial charge in [0.2, 0.25) is 11.7 Å². The smallest absolute Gasteiger partial charge is 0.244 e. The molecule has 0 amide bonds. The first-order valence-corrected chi connectivity index (χ1v) is 9.31. The van der Waals surface area contributed by atoms with Crippen LogP contribution in [0.4, 0.5) is 0 Å². The average Bonchev–Trinajstić information content (AvgIpc) is 3.28. The highest BCUT2D eigenvalue weighted by molar-refractivity contribution is 5.87. The van der Waals surface area contributed by atoms with Crippen molar-refractivity contribution < 1.29 is 9.26 Å². The molecule has 0 radical (unpaired) electrons. The summed E-state index contributed by atoms with van der Waals surface area (Å²) in [4.78, 5) is 6.92. The summed E-state index contributed by atoms with van der Waals surface area (Å²) in [5.74, 6) is 2.80. The number of hydrogen-bond acceptors (Lipinski definition) is 5. The number of aromatic nitrogens is 2. The Bertz CT molecular complexity index is 903. The second kappa shape index (κ2) is 7.08. The maximum atomic E-state index is 5.82. The van der Waals surface area contributed by atoms with Crippen molar-refractivity contribution in [3.8, 4) is 17.1 Å². The molecular formula is C21H25N3O2. The summed E-state index contributed by atoms with van der Waals surface area (Å²) in [5.41, 5.74) is 0.976. The molecule has 0 bridgehead atoms. The summed E-state index contributed by atoms with van der Waals surface area (Å²) >= 11 is 0. The first kappa shape index (κ1) is 17.0. The van der Waals surface area contributed by atoms with Crippen LogP contribution in [0.1, 0.15) is 38.6 Å². The Morgan fingerprint density at radius 3 is 2.77 bits per heavy atom. The quantitative estimate of drug-likeness (QED) is 0.667. The molecule has 5 nitrogen and oxygen atoms in total. The first-order chi connectivity index (χ1) is 12.6. The van der Waals surface area contributed by atoms with Gasteiger partial charge in [0.25, 0.3) is 0 Å². The summed E-state index contributed by atoms with van der Waals surface area (Å²) in [6.07, 6.45) is 2.26. The highest BCUT2D eigenvalue weighted by atomic mass is 16.5. The Morgan fingerprint density at radius 1 is 1.19 bits per heavy atom. The molecule has 5 heteroatoms. The number of nitrogens with zero attached hydrogens (tertiary/aromatic N) is 3. The number of hydrogen-bond donors (Lipinski definition) is 0. The lowest BCUT2D eigenvalue weighted by atomic mass is 10.1. The van der Waals surface area contributed by atoms with Gasteiger partial charge < -0.3 is 9.26 Å². The number of benzene rings is 2. The van der Waals surface area contributed by atoms with E-state index in [-0.39, 0.29) is 6.04 Å². The normalized spacial score (nSPS) is 18.1. The summed E-state index contributed by atoms with van der Waals surface area (Å²) in [7, 11) is 2.11. The average molecular weight is 351 g/mol. The van der Waals surface area contributed by atoms with Gasteiger partial charge in [0.15, 0.2) is 0 Å². The van der Waals surface area contributed by atoms with E-state index >= 15 is 0 Å². The standard InChI is InChI=1S/C21H25N3O2/c1-14(2)13-25-18-9-8-15-11-17(7-6-16(15)12-18)20-22-21(26-23-20)19-5-4-10-24(19)3/h6-9,11-12,14,19H,4-5,10,13H2,1-3H3. The number of rotatable bonds is 5. The molecule has 1 atom stereocenters. The minimum absolute atomic E-state index is 0.248. The summed E-state index contributed by atoms with van der Waals surface area (Å²) in [5, 5.41) is 6.49. The topological polar surface area (TPSA) is 51.4 Å². The third kappa shape index (κ3) is 3.44. The molecule has 1 unspecified atom stereocenters. The van der Waals surface area contributed by atoms with Crippen LogP contribution in [0.3, 0.4) is 0 Å². The van der Waals surface area contributed by atoms with Crippen LogP contribution >= 0.6 is 0 Å². The van der Waals surface area contributed by atoms with Gasteiger partial charge in [-0.2, -0.15) is 4.98 Å². The molecule has 1 fully saturated rings. The van der Waals surface area contributed by atoms with Crippen LogP contribution in [-0.2, 0) is 0 Å². The lowest BCUT2D eigenvalue weighted by molar-refractivity contribution is 0.245. The van der Waals surface area contributed by atoms with Gasteiger partial charge in [0, 0.05) is 5.56 Å². The Kier molecular flexibility index (Phi) is 4.64. The fourth-order valence-corrected chi connectivity index (χ4v) is 3.43. The van der Waals surface area contributed by atoms with Crippen molar-refractivity contribution in [2.24, 2.45) is 5.92 Å². The molecule has 2 aromatic carbocycles. The zero-order valence-electron chi connectivity index (χ0n) is 15.6. The van der Waals surface area contributed by atoms with E-state index in [9.17, 15) is 0 Å². The van der Waals surface area contributed by atoms with Crippen LogP contribution in [0.25, 0.3) is 22.2 Å². The van der Waals surface area contributed by atoms with Crippen molar-refractivity contribution >= 4 is 10.8 Å². The van der Waals surface area contributed by atoms with Gasteiger partial charge >= 0.3 is 0 Å². The van der Waals surface area contributed by atoms with Gasteiger partial charge in [0.1, 0.15) is 5.75 Å². The molecule has 1 aromatic heterocycles. The number of likely N-dealkylation sites (tertiary alicyclic amines) is 1. The van der Waals surface area contributed by atoms with Crippen molar-refractivity contribution in [2.75, 3.05) is 20.2 Å². The molecule has 0 aliphatic carbocycles. The zero-order valence-corrected chi connectivity index (χ0v) is 15.6. The number of fused-ring (bicyclic) bond motifs is 1. The Hall–Kier alpha value is -2.40. The van der Waals surface area contributed by atoms with E-state index < -0.39 is 0 Å². The largest absolute Gasteiger partial charge is 0.493 e. The molecule has 2 heterocycles. The fraction of sp³-hybridized carbons (Fsp3) is 0.429. The maximum absolute atomic E-state index is 5.82. The van der Waals surface area contributed by atoms with Gasteiger partial charge in [-0.25, -0.2) is 0 Å². The summed E-state index contributed by atoms with van der Waals surface area (Å²) in [6.45, 7) is 6.11. The fourth-order valence-electron chi connectivity index (χ4n) is 3.43. The molecule has 0 spiro atoms. The molecular weight excluding hydrogens is 326 g/mol. The van der Waals surface area contributed by atoms with Gasteiger partial charge in [0.05, 0.1) is 12.6 Å². The van der Waals surface area contributed by atoms with E-state index in [4.69, 9.17) is 9.26 Å². The van der Waals surface area contributed by atoms with Crippen LogP contribution in [0.5, 0.6) is 5.75 Å². The van der Waals surface area contributed by atoms with E-state index in [1.165, 1.54) is 6.42 Å². The molecule has 1 saturated heterocycles. The van der Waals surface area contributed by atoms with Crippen molar-refractivity contribution in [1.82, 2.24) is 15.0 Å². The second-order valence-corrected chi connectivity index (χ2v) is 7.52. The molecule has 0 N–H and O–H groups in total. The Morgan fingerprint density at radius 2 is 2.00 bits per heavy atom. The molecule has 26 heavy (non-hydrogen) atoms. The van der Waals surface area contributed by atoms with Crippen molar-refractivity contribution in [1.29, 1.82) is 0 Å². The van der Waals surface area contributed by atoms with E-state index in [2.05, 4.69) is 60.2 Å². The van der Waals surface area contributed by atoms with E-state index in [0.717, 1.165) is 47.5 Å². The number of ether oxygens (including phenoxy) is 1. The highest BCUT2D eigenvalue weighted by Crippen LogP contribution is 2.31. The third-order valence-electron chi connectivity index (χ3n) is 4.90. The molecule has 1 aliphatic heterocycles. The lowest BCUT2D eigenvalue weighted by Crippen LogP contribution is -2.17. The van der Waals surface area contributed by atoms with Crippen LogP contribution in [-0.4, -0.2) is 35.2 Å². The maximum Gasteiger partial charge on any atom is 0.244 e. The minimum atomic E-state index is 0.248. The van der Waals surface area contributed by atoms with E-state index in [1.807, 2.05) is 12.1 Å². The zero-order chi connectivity index (χ0) is 18.1. The molecule has 136 valence electrons. The van der Waals surface area contributed by atoms with Gasteiger partial charge in [-0.05, 0) is 61.3 Å². The predicted molar refractivity (Wildman–Crippen MR) is 102 cm³/mol. The van der Waals surface area contributed by atoms with Crippen molar-refractivity contribution in [2.45, 2.75) is 32.7 Å². The summed E-state index contributed by atoms with van der Waals surface area (Å²) < 4.78 is 11.4. The van der Waals surface area contributed by atoms with Crippen molar-refractivity contribution in [3.05, 3.63) is 42.3 Å². The van der Waals surface area contributed by atoms with E-state index in [1.54, 1.807) is 0 Å². The monoisotopic (exact) mass is 351 g/mol. The SMILES string of the molecule is CC(C)COc1ccc2cc(-c3noc(C4CCCN4C)n3)ccc2c1. The molecule has 3 aromatic rings. The van der Waals surface area contributed by atoms with Crippen LogP contribution < -0.4 is 4.74 Å². The van der Waals surface area contributed by atoms with E-state index in [0.29, 0.717) is 11.7 Å². The molecule has 1 aliphatic rings. The summed E-state index contributed by atoms with van der Waals surface area (Å²) in [6, 6.07) is 12.7. The second-order valence-electron chi connectivity index (χ2n) is 7.52. The first-order valence-electron chi connectivity index (χ1n) is 9.31. The Balaban J connectivity index is 1.57. The van der Waals surface area contributed by atoms with Crippen LogP contribution in [0.2, 0.25) is 0 Å². The van der Waals surface area contributed by atoms with Gasteiger partial charge in [-0.15, -0.1) is 0 Å². The Labute approximate surface area is 154 Å². The molecule has 4 rings (SSSR count). The predicted octanol–water partition coefficient (Wildman–Crippen LogP) is 4.69. The minimum Gasteiger partial charge on any atom is -0.493 e. The highest BCUT2D eigenvalue weighted by Gasteiger charge is 2.27. The van der Waals surface area contributed by atoms with Crippen LogP contribution in [0, 0.1) is 5.92 Å². The third-order valence-corrected chi connectivity index (χ3v) is 4.90. The van der Waals surface area contributed by atoms with Crippen molar-refractivity contribution in [3.63, 3.8) is 0 Å². The van der Waals surface area contributed by atoms with Crippen LogP contribution in [0.15, 0.2) is 40.9 Å². The lowest BCUT2D eigenvalue weighted by Gasteiger charge is -2.14. The van der Waals surface area contributed by atoms with Gasteiger partial charge in [-0.1, -0.05) is 37.2 Å². The van der Waals surface area contributed by atoms with Gasteiger partial charge in [-0.3, -0.25) is 4.90 Å².